The van der Waals surface area contributed by atoms with Crippen LogP contribution in [0.15, 0.2) is 29.0 Å². The summed E-state index contributed by atoms with van der Waals surface area (Å²) in [5, 5.41) is 3.86. The van der Waals surface area contributed by atoms with E-state index in [1.807, 2.05) is 26.0 Å². The van der Waals surface area contributed by atoms with Crippen molar-refractivity contribution in [2.75, 3.05) is 7.05 Å². The fourth-order valence-corrected chi connectivity index (χ4v) is 1.89. The summed E-state index contributed by atoms with van der Waals surface area (Å²) in [6.45, 7) is 4.25. The molecule has 5 heteroatoms. The van der Waals surface area contributed by atoms with Gasteiger partial charge in [0, 0.05) is 31.5 Å². The van der Waals surface area contributed by atoms with Gasteiger partial charge in [-0.1, -0.05) is 5.16 Å². The van der Waals surface area contributed by atoms with Crippen molar-refractivity contribution in [1.29, 1.82) is 0 Å². The lowest BCUT2D eigenvalue weighted by Crippen LogP contribution is -2.28. The van der Waals surface area contributed by atoms with Gasteiger partial charge in [-0.15, -0.1) is 0 Å². The molecule has 0 N–H and O–H groups in total. The number of aromatic nitrogens is 2. The van der Waals surface area contributed by atoms with Crippen LogP contribution in [-0.2, 0) is 17.8 Å². The first-order chi connectivity index (χ1) is 9.08. The van der Waals surface area contributed by atoms with Gasteiger partial charge in [-0.25, -0.2) is 0 Å². The number of carbonyl (C=O) groups excluding carboxylic acids is 1. The topological polar surface area (TPSA) is 59.2 Å². The molecule has 0 aliphatic rings. The van der Waals surface area contributed by atoms with Crippen LogP contribution in [0.4, 0.5) is 0 Å². The molecule has 2 aromatic rings. The van der Waals surface area contributed by atoms with Crippen LogP contribution in [0.2, 0.25) is 0 Å². The van der Waals surface area contributed by atoms with E-state index >= 15 is 0 Å². The lowest BCUT2D eigenvalue weighted by molar-refractivity contribution is -0.129. The molecule has 0 saturated heterocycles. The van der Waals surface area contributed by atoms with Gasteiger partial charge in [0.1, 0.15) is 5.76 Å². The Balaban J connectivity index is 2.00. The van der Waals surface area contributed by atoms with E-state index in [1.165, 1.54) is 0 Å². The number of aryl methyl sites for hydroxylation is 2. The van der Waals surface area contributed by atoms with Crippen LogP contribution in [0.1, 0.15) is 22.6 Å². The zero-order chi connectivity index (χ0) is 13.8. The van der Waals surface area contributed by atoms with Crippen LogP contribution < -0.4 is 0 Å². The molecule has 2 aromatic heterocycles. The standard InChI is InChI=1S/C14H17N3O2/c1-10-13(11(2)19-16-10)8-14(18)17(3)9-12-4-6-15-7-5-12/h4-7H,8-9H2,1-3H3. The molecule has 0 bridgehead atoms. The van der Waals surface area contributed by atoms with Crippen LogP contribution in [0.3, 0.4) is 0 Å². The van der Waals surface area contributed by atoms with Crippen LogP contribution in [0.5, 0.6) is 0 Å². The predicted molar refractivity (Wildman–Crippen MR) is 70.4 cm³/mol. The molecule has 0 aromatic carbocycles. The van der Waals surface area contributed by atoms with Crippen molar-refractivity contribution < 1.29 is 9.32 Å². The SMILES string of the molecule is Cc1noc(C)c1CC(=O)N(C)Cc1ccncc1. The maximum Gasteiger partial charge on any atom is 0.227 e. The highest BCUT2D eigenvalue weighted by Gasteiger charge is 2.16. The molecule has 0 fully saturated rings. The van der Waals surface area contributed by atoms with Gasteiger partial charge < -0.3 is 9.42 Å². The predicted octanol–water partition coefficient (Wildman–Crippen LogP) is 1.89. The van der Waals surface area contributed by atoms with Gasteiger partial charge >= 0.3 is 0 Å². The fourth-order valence-electron chi connectivity index (χ4n) is 1.89. The van der Waals surface area contributed by atoms with Gasteiger partial charge in [-0.2, -0.15) is 0 Å². The van der Waals surface area contributed by atoms with Gasteiger partial charge in [-0.05, 0) is 31.5 Å². The molecule has 5 nitrogen and oxygen atoms in total. The molecule has 1 amide bonds. The minimum Gasteiger partial charge on any atom is -0.361 e. The van der Waals surface area contributed by atoms with Gasteiger partial charge in [-0.3, -0.25) is 9.78 Å². The number of pyridine rings is 1. The molecule has 0 aliphatic carbocycles. The summed E-state index contributed by atoms with van der Waals surface area (Å²) in [6, 6.07) is 3.80. The number of carbonyl (C=O) groups is 1. The summed E-state index contributed by atoms with van der Waals surface area (Å²) in [7, 11) is 1.79. The van der Waals surface area contributed by atoms with Crippen LogP contribution in [0, 0.1) is 13.8 Å². The molecule has 0 atom stereocenters. The Labute approximate surface area is 112 Å². The second-order valence-corrected chi connectivity index (χ2v) is 4.58. The summed E-state index contributed by atoms with van der Waals surface area (Å²) in [4.78, 5) is 17.8. The minimum absolute atomic E-state index is 0.0474. The van der Waals surface area contributed by atoms with E-state index in [-0.39, 0.29) is 5.91 Å². The van der Waals surface area contributed by atoms with Gasteiger partial charge in [0.2, 0.25) is 5.91 Å². The number of rotatable bonds is 4. The third-order valence-corrected chi connectivity index (χ3v) is 3.10. The summed E-state index contributed by atoms with van der Waals surface area (Å²) in [6.07, 6.45) is 3.77. The zero-order valence-corrected chi connectivity index (χ0v) is 11.4. The maximum atomic E-state index is 12.2. The molecule has 2 rings (SSSR count). The Hall–Kier alpha value is -2.17. The number of hydrogen-bond acceptors (Lipinski definition) is 4. The molecule has 100 valence electrons. The van der Waals surface area contributed by atoms with Gasteiger partial charge in [0.25, 0.3) is 0 Å². The monoisotopic (exact) mass is 259 g/mol. The molecule has 0 saturated carbocycles. The number of amides is 1. The molecule has 0 radical (unpaired) electrons. The lowest BCUT2D eigenvalue weighted by Gasteiger charge is -2.17. The van der Waals surface area contributed by atoms with Crippen LogP contribution in [-0.4, -0.2) is 28.0 Å². The van der Waals surface area contributed by atoms with E-state index in [0.29, 0.717) is 18.7 Å². The van der Waals surface area contributed by atoms with Crippen molar-refractivity contribution in [3.8, 4) is 0 Å². The molecule has 0 aliphatic heterocycles. The van der Waals surface area contributed by atoms with Crippen molar-refractivity contribution in [3.05, 3.63) is 47.1 Å². The van der Waals surface area contributed by atoms with Crippen LogP contribution >= 0.6 is 0 Å². The minimum atomic E-state index is 0.0474. The summed E-state index contributed by atoms with van der Waals surface area (Å²) in [5.41, 5.74) is 2.72. The highest BCUT2D eigenvalue weighted by atomic mass is 16.5. The number of likely N-dealkylation sites (N-methyl/N-ethyl adjacent to an activating group) is 1. The Bertz CT molecular complexity index is 544. The van der Waals surface area contributed by atoms with E-state index in [4.69, 9.17) is 4.52 Å². The highest BCUT2D eigenvalue weighted by molar-refractivity contribution is 5.78. The van der Waals surface area contributed by atoms with E-state index in [2.05, 4.69) is 10.1 Å². The molecular formula is C14H17N3O2. The van der Waals surface area contributed by atoms with Crippen molar-refractivity contribution in [2.45, 2.75) is 26.8 Å². The Morgan fingerprint density at radius 3 is 2.58 bits per heavy atom. The average molecular weight is 259 g/mol. The van der Waals surface area contributed by atoms with Crippen molar-refractivity contribution in [3.63, 3.8) is 0 Å². The van der Waals surface area contributed by atoms with Gasteiger partial charge in [0.15, 0.2) is 0 Å². The van der Waals surface area contributed by atoms with Crippen molar-refractivity contribution >= 4 is 5.91 Å². The van der Waals surface area contributed by atoms with E-state index < -0.39 is 0 Å². The normalized spacial score (nSPS) is 10.5. The second kappa shape index (κ2) is 5.65. The van der Waals surface area contributed by atoms with E-state index in [0.717, 1.165) is 16.8 Å². The quantitative estimate of drug-likeness (QED) is 0.841. The maximum absolute atomic E-state index is 12.2. The largest absolute Gasteiger partial charge is 0.361 e. The van der Waals surface area contributed by atoms with Crippen molar-refractivity contribution in [1.82, 2.24) is 15.0 Å². The fraction of sp³-hybridized carbons (Fsp3) is 0.357. The summed E-state index contributed by atoms with van der Waals surface area (Å²) < 4.78 is 5.07. The molecule has 19 heavy (non-hydrogen) atoms. The Kier molecular flexibility index (Phi) is 3.94. The molecule has 2 heterocycles. The third kappa shape index (κ3) is 3.19. The van der Waals surface area contributed by atoms with Crippen molar-refractivity contribution in [2.24, 2.45) is 0 Å². The average Bonchev–Trinajstić information content (AvgIpc) is 2.71. The Morgan fingerprint density at radius 1 is 1.32 bits per heavy atom. The number of nitrogens with zero attached hydrogens (tertiary/aromatic N) is 3. The lowest BCUT2D eigenvalue weighted by atomic mass is 10.1. The highest BCUT2D eigenvalue weighted by Crippen LogP contribution is 2.14. The zero-order valence-electron chi connectivity index (χ0n) is 11.4. The molecular weight excluding hydrogens is 242 g/mol. The van der Waals surface area contributed by atoms with E-state index in [1.54, 1.807) is 24.3 Å². The van der Waals surface area contributed by atoms with Crippen LogP contribution in [0.25, 0.3) is 0 Å². The smallest absolute Gasteiger partial charge is 0.227 e. The van der Waals surface area contributed by atoms with Gasteiger partial charge in [0.05, 0.1) is 12.1 Å². The Morgan fingerprint density at radius 2 is 2.00 bits per heavy atom. The first kappa shape index (κ1) is 13.3. The molecule has 0 spiro atoms. The first-order valence-electron chi connectivity index (χ1n) is 6.12. The third-order valence-electron chi connectivity index (χ3n) is 3.10. The second-order valence-electron chi connectivity index (χ2n) is 4.58. The number of hydrogen-bond donors (Lipinski definition) is 0. The summed E-state index contributed by atoms with van der Waals surface area (Å²) >= 11 is 0. The first-order valence-corrected chi connectivity index (χ1v) is 6.12. The van der Waals surface area contributed by atoms with E-state index in [9.17, 15) is 4.79 Å². The molecule has 0 unspecified atom stereocenters. The summed E-state index contributed by atoms with van der Waals surface area (Å²) in [5.74, 6) is 0.759.